The maximum atomic E-state index is 5.77. The van der Waals surface area contributed by atoms with Crippen LogP contribution in [0.15, 0.2) is 57.3 Å². The summed E-state index contributed by atoms with van der Waals surface area (Å²) in [6.07, 6.45) is 0. The van der Waals surface area contributed by atoms with Gasteiger partial charge in [-0.1, -0.05) is 24.3 Å². The molecule has 0 bridgehead atoms. The summed E-state index contributed by atoms with van der Waals surface area (Å²) < 4.78 is 5.77. The number of nitrogens with zero attached hydrogens (tertiary/aromatic N) is 1. The molecule has 21 heavy (non-hydrogen) atoms. The standard InChI is InChI=1S/C16H17N3OS/c1-17-16(19-11-14-6-4-8-21-14)18-10-13-9-12-5-2-3-7-15(12)20-13/h2-9H,10-11H2,1H3,(H2,17,18,19). The van der Waals surface area contributed by atoms with Gasteiger partial charge in [0.2, 0.25) is 0 Å². The predicted octanol–water partition coefficient (Wildman–Crippen LogP) is 3.36. The molecule has 5 heteroatoms. The Morgan fingerprint density at radius 3 is 2.76 bits per heavy atom. The van der Waals surface area contributed by atoms with Crippen molar-refractivity contribution >= 4 is 28.3 Å². The minimum Gasteiger partial charge on any atom is -0.459 e. The number of hydrogen-bond acceptors (Lipinski definition) is 3. The molecule has 0 spiro atoms. The molecule has 2 heterocycles. The Kier molecular flexibility index (Phi) is 4.21. The van der Waals surface area contributed by atoms with Gasteiger partial charge in [-0.3, -0.25) is 4.99 Å². The van der Waals surface area contributed by atoms with E-state index in [1.165, 1.54) is 4.88 Å². The zero-order valence-electron chi connectivity index (χ0n) is 11.8. The monoisotopic (exact) mass is 299 g/mol. The zero-order valence-corrected chi connectivity index (χ0v) is 12.6. The van der Waals surface area contributed by atoms with Gasteiger partial charge < -0.3 is 15.1 Å². The van der Waals surface area contributed by atoms with Crippen molar-refractivity contribution in [3.63, 3.8) is 0 Å². The van der Waals surface area contributed by atoms with Crippen LogP contribution in [0.5, 0.6) is 0 Å². The van der Waals surface area contributed by atoms with E-state index in [9.17, 15) is 0 Å². The Bertz CT molecular complexity index is 698. The highest BCUT2D eigenvalue weighted by atomic mass is 32.1. The largest absolute Gasteiger partial charge is 0.459 e. The fraction of sp³-hybridized carbons (Fsp3) is 0.188. The summed E-state index contributed by atoms with van der Waals surface area (Å²) in [6.45, 7) is 1.39. The minimum absolute atomic E-state index is 0.610. The second kappa shape index (κ2) is 6.45. The smallest absolute Gasteiger partial charge is 0.191 e. The Hall–Kier alpha value is -2.27. The lowest BCUT2D eigenvalue weighted by Gasteiger charge is -2.09. The lowest BCUT2D eigenvalue weighted by atomic mass is 10.2. The summed E-state index contributed by atoms with van der Waals surface area (Å²) in [7, 11) is 1.77. The van der Waals surface area contributed by atoms with E-state index < -0.39 is 0 Å². The molecule has 2 aromatic heterocycles. The van der Waals surface area contributed by atoms with Crippen LogP contribution in [-0.4, -0.2) is 13.0 Å². The van der Waals surface area contributed by atoms with Gasteiger partial charge >= 0.3 is 0 Å². The van der Waals surface area contributed by atoms with Crippen LogP contribution in [-0.2, 0) is 13.1 Å². The van der Waals surface area contributed by atoms with E-state index >= 15 is 0 Å². The van der Waals surface area contributed by atoms with E-state index in [4.69, 9.17) is 4.42 Å². The fourth-order valence-electron chi connectivity index (χ4n) is 2.10. The van der Waals surface area contributed by atoms with E-state index in [1.807, 2.05) is 30.3 Å². The van der Waals surface area contributed by atoms with Gasteiger partial charge in [-0.15, -0.1) is 11.3 Å². The number of nitrogens with one attached hydrogen (secondary N) is 2. The topological polar surface area (TPSA) is 49.6 Å². The van der Waals surface area contributed by atoms with Crippen molar-refractivity contribution in [3.05, 3.63) is 58.5 Å². The average molecular weight is 299 g/mol. The SMILES string of the molecule is CN=C(NCc1cc2ccccc2o1)NCc1cccs1. The minimum atomic E-state index is 0.610. The van der Waals surface area contributed by atoms with Crippen molar-refractivity contribution in [1.29, 1.82) is 0 Å². The molecule has 0 radical (unpaired) electrons. The lowest BCUT2D eigenvalue weighted by molar-refractivity contribution is 0.538. The molecular weight excluding hydrogens is 282 g/mol. The molecule has 0 saturated heterocycles. The third kappa shape index (κ3) is 3.44. The van der Waals surface area contributed by atoms with Crippen LogP contribution in [0.2, 0.25) is 0 Å². The number of aliphatic imine (C=N–C) groups is 1. The van der Waals surface area contributed by atoms with Crippen LogP contribution in [0.1, 0.15) is 10.6 Å². The summed E-state index contributed by atoms with van der Waals surface area (Å²) in [4.78, 5) is 5.49. The number of thiophene rings is 1. The van der Waals surface area contributed by atoms with Gasteiger partial charge in [-0.05, 0) is 23.6 Å². The zero-order chi connectivity index (χ0) is 14.5. The van der Waals surface area contributed by atoms with Gasteiger partial charge in [0.25, 0.3) is 0 Å². The summed E-state index contributed by atoms with van der Waals surface area (Å²) in [6, 6.07) is 14.2. The normalized spacial score (nSPS) is 11.8. The van der Waals surface area contributed by atoms with Crippen LogP contribution in [0.3, 0.4) is 0 Å². The molecule has 4 nitrogen and oxygen atoms in total. The number of hydrogen-bond donors (Lipinski definition) is 2. The first-order valence-corrected chi connectivity index (χ1v) is 7.67. The Morgan fingerprint density at radius 2 is 2.00 bits per heavy atom. The van der Waals surface area contributed by atoms with E-state index in [0.29, 0.717) is 6.54 Å². The Balaban J connectivity index is 1.57. The van der Waals surface area contributed by atoms with Gasteiger partial charge in [0.1, 0.15) is 11.3 Å². The average Bonchev–Trinajstić information content (AvgIpc) is 3.16. The molecule has 1 aromatic carbocycles. The number of rotatable bonds is 4. The number of guanidine groups is 1. The number of fused-ring (bicyclic) bond motifs is 1. The summed E-state index contributed by atoms with van der Waals surface area (Å²) in [5.41, 5.74) is 0.913. The van der Waals surface area contributed by atoms with Gasteiger partial charge in [0.15, 0.2) is 5.96 Å². The molecule has 0 fully saturated rings. The van der Waals surface area contributed by atoms with Crippen molar-refractivity contribution in [3.8, 4) is 0 Å². The molecule has 0 atom stereocenters. The second-order valence-corrected chi connectivity index (χ2v) is 5.64. The maximum Gasteiger partial charge on any atom is 0.191 e. The third-order valence-electron chi connectivity index (χ3n) is 3.14. The van der Waals surface area contributed by atoms with Crippen molar-refractivity contribution in [2.24, 2.45) is 4.99 Å². The molecule has 0 amide bonds. The van der Waals surface area contributed by atoms with Crippen molar-refractivity contribution < 1.29 is 4.42 Å². The van der Waals surface area contributed by atoms with Crippen molar-refractivity contribution in [2.45, 2.75) is 13.1 Å². The highest BCUT2D eigenvalue weighted by molar-refractivity contribution is 7.09. The summed E-state index contributed by atoms with van der Waals surface area (Å²) in [5.74, 6) is 1.67. The first-order chi connectivity index (χ1) is 10.3. The van der Waals surface area contributed by atoms with E-state index in [2.05, 4.69) is 33.1 Å². The summed E-state index contributed by atoms with van der Waals surface area (Å²) in [5, 5.41) is 9.73. The first-order valence-electron chi connectivity index (χ1n) is 6.79. The predicted molar refractivity (Wildman–Crippen MR) is 87.6 cm³/mol. The van der Waals surface area contributed by atoms with E-state index in [1.54, 1.807) is 18.4 Å². The summed E-state index contributed by atoms with van der Waals surface area (Å²) >= 11 is 1.73. The number of furan rings is 1. The highest BCUT2D eigenvalue weighted by Crippen LogP contribution is 2.18. The molecule has 0 saturated carbocycles. The van der Waals surface area contributed by atoms with Crippen LogP contribution < -0.4 is 10.6 Å². The first kappa shape index (κ1) is 13.7. The molecular formula is C16H17N3OS. The van der Waals surface area contributed by atoms with Crippen molar-refractivity contribution in [1.82, 2.24) is 10.6 Å². The Morgan fingerprint density at radius 1 is 1.14 bits per heavy atom. The van der Waals surface area contributed by atoms with E-state index in [0.717, 1.165) is 29.2 Å². The van der Waals surface area contributed by atoms with Crippen LogP contribution in [0.4, 0.5) is 0 Å². The van der Waals surface area contributed by atoms with Gasteiger partial charge in [-0.2, -0.15) is 0 Å². The van der Waals surface area contributed by atoms with E-state index in [-0.39, 0.29) is 0 Å². The molecule has 0 unspecified atom stereocenters. The molecule has 0 aliphatic rings. The lowest BCUT2D eigenvalue weighted by Crippen LogP contribution is -2.36. The van der Waals surface area contributed by atoms with Crippen LogP contribution >= 0.6 is 11.3 Å². The number of benzene rings is 1. The van der Waals surface area contributed by atoms with Crippen LogP contribution in [0, 0.1) is 0 Å². The molecule has 2 N–H and O–H groups in total. The van der Waals surface area contributed by atoms with Crippen LogP contribution in [0.25, 0.3) is 11.0 Å². The maximum absolute atomic E-state index is 5.77. The molecule has 3 rings (SSSR count). The molecule has 0 aliphatic carbocycles. The van der Waals surface area contributed by atoms with Gasteiger partial charge in [-0.25, -0.2) is 0 Å². The molecule has 108 valence electrons. The van der Waals surface area contributed by atoms with Gasteiger partial charge in [0.05, 0.1) is 13.1 Å². The molecule has 0 aliphatic heterocycles. The molecule has 3 aromatic rings. The van der Waals surface area contributed by atoms with Crippen molar-refractivity contribution in [2.75, 3.05) is 7.05 Å². The fourth-order valence-corrected chi connectivity index (χ4v) is 2.74. The second-order valence-electron chi connectivity index (χ2n) is 4.61. The van der Waals surface area contributed by atoms with Gasteiger partial charge in [0, 0.05) is 17.3 Å². The quantitative estimate of drug-likeness (QED) is 0.574. The third-order valence-corrected chi connectivity index (χ3v) is 4.02. The highest BCUT2D eigenvalue weighted by Gasteiger charge is 2.04. The Labute approximate surface area is 127 Å². The number of para-hydroxylation sites is 1.